The molecule has 3 atom stereocenters. The van der Waals surface area contributed by atoms with E-state index in [4.69, 9.17) is 4.42 Å². The van der Waals surface area contributed by atoms with Gasteiger partial charge in [0.2, 0.25) is 0 Å². The molecular weight excluding hydrogens is 753 g/mol. The third-order valence-electron chi connectivity index (χ3n) is 17.1. The molecule has 304 valence electrons. The van der Waals surface area contributed by atoms with E-state index in [-0.39, 0.29) is 5.41 Å². The van der Waals surface area contributed by atoms with E-state index in [2.05, 4.69) is 174 Å². The SMILES string of the molecule is c1ccc(N(c2ccc(C34CC5CC(CC(C5)C3)C4)cc2)c2cccc3c2C24c5c(cccc5N(c5ccccc5)c5ccc6c(c5)oc5ccccc56)CC2CCC4C3)cc1. The number of hydrogen-bond donors (Lipinski definition) is 0. The van der Waals surface area contributed by atoms with Crippen molar-refractivity contribution in [3.05, 3.63) is 192 Å². The first-order valence-corrected chi connectivity index (χ1v) is 23.6. The van der Waals surface area contributed by atoms with E-state index in [1.165, 1.54) is 96.5 Å². The first-order valence-electron chi connectivity index (χ1n) is 23.6. The fourth-order valence-corrected chi connectivity index (χ4v) is 15.3. The number of anilines is 6. The van der Waals surface area contributed by atoms with Crippen molar-refractivity contribution < 1.29 is 4.42 Å². The molecule has 7 aromatic carbocycles. The zero-order chi connectivity index (χ0) is 40.6. The summed E-state index contributed by atoms with van der Waals surface area (Å²) in [5.41, 5.74) is 17.3. The summed E-state index contributed by atoms with van der Waals surface area (Å²) in [5, 5.41) is 2.32. The van der Waals surface area contributed by atoms with Gasteiger partial charge in [-0.25, -0.2) is 0 Å². The van der Waals surface area contributed by atoms with Gasteiger partial charge >= 0.3 is 0 Å². The zero-order valence-corrected chi connectivity index (χ0v) is 35.3. The van der Waals surface area contributed by atoms with E-state index in [1.54, 1.807) is 11.1 Å². The summed E-state index contributed by atoms with van der Waals surface area (Å²) in [6, 6.07) is 62.1. The number of furan rings is 1. The largest absolute Gasteiger partial charge is 0.456 e. The highest BCUT2D eigenvalue weighted by atomic mass is 16.3. The van der Waals surface area contributed by atoms with Gasteiger partial charge in [0.15, 0.2) is 0 Å². The molecule has 15 rings (SSSR count). The second-order valence-electron chi connectivity index (χ2n) is 20.2. The van der Waals surface area contributed by atoms with Crippen LogP contribution in [0.5, 0.6) is 0 Å². The summed E-state index contributed by atoms with van der Waals surface area (Å²) in [7, 11) is 0. The molecule has 1 aromatic heterocycles. The highest BCUT2D eigenvalue weighted by Crippen LogP contribution is 2.69. The average Bonchev–Trinajstić information content (AvgIpc) is 4.04. The molecule has 62 heavy (non-hydrogen) atoms. The number of hydrogen-bond acceptors (Lipinski definition) is 3. The molecule has 3 nitrogen and oxygen atoms in total. The van der Waals surface area contributed by atoms with E-state index in [1.807, 2.05) is 0 Å². The Bertz CT molecular complexity index is 2990. The highest BCUT2D eigenvalue weighted by molar-refractivity contribution is 6.06. The van der Waals surface area contributed by atoms with Crippen molar-refractivity contribution in [2.75, 3.05) is 9.80 Å². The molecule has 5 saturated carbocycles. The van der Waals surface area contributed by atoms with Crippen LogP contribution in [0.25, 0.3) is 21.9 Å². The molecule has 0 saturated heterocycles. The Morgan fingerprint density at radius 3 is 1.53 bits per heavy atom. The average molecular weight is 805 g/mol. The van der Waals surface area contributed by atoms with Gasteiger partial charge in [0, 0.05) is 45.0 Å². The van der Waals surface area contributed by atoms with Crippen LogP contribution in [-0.4, -0.2) is 0 Å². The van der Waals surface area contributed by atoms with Gasteiger partial charge in [-0.15, -0.1) is 0 Å². The number of fused-ring (bicyclic) bond motifs is 5. The van der Waals surface area contributed by atoms with Crippen molar-refractivity contribution >= 4 is 56.1 Å². The summed E-state index contributed by atoms with van der Waals surface area (Å²) < 4.78 is 6.55. The second kappa shape index (κ2) is 13.2. The van der Waals surface area contributed by atoms with Crippen molar-refractivity contribution in [3.8, 4) is 0 Å². The van der Waals surface area contributed by atoms with Crippen LogP contribution in [0.3, 0.4) is 0 Å². The molecular formula is C59H52N2O. The lowest BCUT2D eigenvalue weighted by atomic mass is 9.48. The number of para-hydroxylation sites is 3. The highest BCUT2D eigenvalue weighted by Gasteiger charge is 2.62. The normalized spacial score (nSPS) is 27.3. The van der Waals surface area contributed by atoms with E-state index in [0.29, 0.717) is 17.3 Å². The molecule has 3 heteroatoms. The molecule has 0 N–H and O–H groups in total. The van der Waals surface area contributed by atoms with Crippen LogP contribution in [0, 0.1) is 29.6 Å². The number of rotatable bonds is 7. The standard InChI is InChI=1S/C59H52N2O/c1-3-13-46(14-4-1)60(48-25-23-43(24-26-48)58-35-38-29-39(36-58)31-40(30-38)37-58)52-18-9-11-41-32-44-21-22-45-33-42-12-10-19-53(57(42)59(44,45)56(41)52)61(47-15-5-2-6-16-47)49-27-28-51-50-17-7-8-20-54(50)62-55(51)34-49/h1-20,23-28,34,38-40,44-45H,21-22,29-33,35-37H2. The lowest BCUT2D eigenvalue weighted by molar-refractivity contribution is -0.00518. The fraction of sp³-hybridized carbons (Fsp3) is 0.288. The van der Waals surface area contributed by atoms with Gasteiger partial charge in [-0.2, -0.15) is 0 Å². The molecule has 7 aliphatic rings. The Balaban J connectivity index is 0.952. The first-order chi connectivity index (χ1) is 30.6. The Hall–Kier alpha value is -6.06. The minimum Gasteiger partial charge on any atom is -0.456 e. The van der Waals surface area contributed by atoms with Crippen LogP contribution in [0.15, 0.2) is 168 Å². The number of benzene rings is 7. The van der Waals surface area contributed by atoms with Crippen LogP contribution < -0.4 is 9.80 Å². The van der Waals surface area contributed by atoms with Crippen molar-refractivity contribution in [2.24, 2.45) is 29.6 Å². The van der Waals surface area contributed by atoms with Gasteiger partial charge < -0.3 is 14.2 Å². The quantitative estimate of drug-likeness (QED) is 0.160. The van der Waals surface area contributed by atoms with Crippen molar-refractivity contribution in [3.63, 3.8) is 0 Å². The Labute approximate surface area is 365 Å². The Morgan fingerprint density at radius 1 is 0.435 bits per heavy atom. The predicted molar refractivity (Wildman–Crippen MR) is 254 cm³/mol. The van der Waals surface area contributed by atoms with E-state index in [0.717, 1.165) is 58.2 Å². The van der Waals surface area contributed by atoms with Crippen LogP contribution in [-0.2, 0) is 23.7 Å². The molecule has 0 radical (unpaired) electrons. The molecule has 1 spiro atoms. The van der Waals surface area contributed by atoms with E-state index < -0.39 is 0 Å². The first kappa shape index (κ1) is 35.5. The van der Waals surface area contributed by atoms with E-state index >= 15 is 0 Å². The maximum Gasteiger partial charge on any atom is 0.137 e. The summed E-state index contributed by atoms with van der Waals surface area (Å²) >= 11 is 0. The predicted octanol–water partition coefficient (Wildman–Crippen LogP) is 15.4. The molecule has 4 bridgehead atoms. The minimum atomic E-state index is -0.111. The van der Waals surface area contributed by atoms with Crippen LogP contribution in [0.4, 0.5) is 34.1 Å². The van der Waals surface area contributed by atoms with Gasteiger partial charge in [-0.3, -0.25) is 0 Å². The summed E-state index contributed by atoms with van der Waals surface area (Å²) in [4.78, 5) is 5.16. The summed E-state index contributed by atoms with van der Waals surface area (Å²) in [6.45, 7) is 0. The van der Waals surface area contributed by atoms with Gasteiger partial charge in [0.1, 0.15) is 11.2 Å². The topological polar surface area (TPSA) is 19.6 Å². The van der Waals surface area contributed by atoms with Crippen LogP contribution in [0.1, 0.15) is 79.2 Å². The third-order valence-corrected chi connectivity index (χ3v) is 17.1. The maximum absolute atomic E-state index is 6.55. The van der Waals surface area contributed by atoms with Gasteiger partial charge in [0.25, 0.3) is 0 Å². The Kier molecular flexibility index (Phi) is 7.58. The zero-order valence-electron chi connectivity index (χ0n) is 35.3. The molecule has 0 aliphatic heterocycles. The third kappa shape index (κ3) is 5.00. The van der Waals surface area contributed by atoms with Gasteiger partial charge in [-0.05, 0) is 194 Å². The van der Waals surface area contributed by atoms with Crippen molar-refractivity contribution in [2.45, 2.75) is 75.0 Å². The lowest BCUT2D eigenvalue weighted by Crippen LogP contribution is -2.48. The second-order valence-corrected chi connectivity index (χ2v) is 20.2. The molecule has 1 heterocycles. The summed E-state index contributed by atoms with van der Waals surface area (Å²) in [6.07, 6.45) is 13.4. The fourth-order valence-electron chi connectivity index (χ4n) is 15.3. The molecule has 7 aliphatic carbocycles. The van der Waals surface area contributed by atoms with Gasteiger partial charge in [-0.1, -0.05) is 91.0 Å². The summed E-state index contributed by atoms with van der Waals surface area (Å²) in [5.74, 6) is 3.89. The maximum atomic E-state index is 6.55. The van der Waals surface area contributed by atoms with Crippen LogP contribution >= 0.6 is 0 Å². The molecule has 0 amide bonds. The Morgan fingerprint density at radius 2 is 0.935 bits per heavy atom. The van der Waals surface area contributed by atoms with Crippen molar-refractivity contribution in [1.82, 2.24) is 0 Å². The molecule has 8 aromatic rings. The monoisotopic (exact) mass is 804 g/mol. The van der Waals surface area contributed by atoms with E-state index in [9.17, 15) is 0 Å². The van der Waals surface area contributed by atoms with Crippen LogP contribution in [0.2, 0.25) is 0 Å². The molecule has 3 unspecified atom stereocenters. The minimum absolute atomic E-state index is 0.111. The van der Waals surface area contributed by atoms with Crippen molar-refractivity contribution in [1.29, 1.82) is 0 Å². The lowest BCUT2D eigenvalue weighted by Gasteiger charge is -2.57. The number of nitrogens with zero attached hydrogens (tertiary/aromatic N) is 2. The molecule has 5 fully saturated rings. The smallest absolute Gasteiger partial charge is 0.137 e. The van der Waals surface area contributed by atoms with Gasteiger partial charge in [0.05, 0.1) is 11.4 Å².